The van der Waals surface area contributed by atoms with Crippen molar-refractivity contribution in [3.8, 4) is 0 Å². The van der Waals surface area contributed by atoms with Gasteiger partial charge in [0, 0.05) is 73.0 Å². The number of rotatable bonds is 12. The summed E-state index contributed by atoms with van der Waals surface area (Å²) in [4.78, 5) is 53.2. The van der Waals surface area contributed by atoms with E-state index in [1.54, 1.807) is 0 Å². The van der Waals surface area contributed by atoms with Gasteiger partial charge < -0.3 is 34.8 Å². The molecule has 1 saturated heterocycles. The third kappa shape index (κ3) is 7.87. The van der Waals surface area contributed by atoms with E-state index in [1.165, 1.54) is 34.9 Å². The first-order chi connectivity index (χ1) is 22.7. The molecule has 0 saturated carbocycles. The monoisotopic (exact) mass is 664 g/mol. The minimum Gasteiger partial charge on any atom is -0.481 e. The molecule has 12 heteroatoms. The number of hydrogen-bond acceptors (Lipinski definition) is 7. The lowest BCUT2D eigenvalue weighted by atomic mass is 9.72. The number of hydrogen-bond donors (Lipinski definition) is 4. The van der Waals surface area contributed by atoms with Crippen LogP contribution in [0.25, 0.3) is 10.9 Å². The van der Waals surface area contributed by atoms with Crippen LogP contribution in [0.4, 0.5) is 0 Å². The molecule has 1 amide bonds. The summed E-state index contributed by atoms with van der Waals surface area (Å²) >= 11 is 0. The number of likely N-dealkylation sites (tertiary alicyclic amines) is 1. The van der Waals surface area contributed by atoms with E-state index in [1.807, 2.05) is 30.3 Å². The van der Waals surface area contributed by atoms with Crippen LogP contribution >= 0.6 is 0 Å². The SMILES string of the molecule is CCCCn1cc2c3c(cccc31)[C@H]1C[C@@H](C(=O)N(C)C(C)C(C)c3ccccn3)CN(C)[C@@H]1C2.O=C(O)CC(O)(CC(=O)O)C(=O)O. The predicted octanol–water partition coefficient (Wildman–Crippen LogP) is 4.20. The summed E-state index contributed by atoms with van der Waals surface area (Å²) in [6.45, 7) is 8.49. The summed E-state index contributed by atoms with van der Waals surface area (Å²) in [5.41, 5.74) is 2.61. The van der Waals surface area contributed by atoms with Crippen LogP contribution in [0.3, 0.4) is 0 Å². The molecule has 260 valence electrons. The third-order valence-corrected chi connectivity index (χ3v) is 10.1. The molecule has 0 bridgehead atoms. The molecule has 0 spiro atoms. The molecule has 4 N–H and O–H groups in total. The second kappa shape index (κ2) is 15.3. The summed E-state index contributed by atoms with van der Waals surface area (Å²) in [6, 6.07) is 13.4. The van der Waals surface area contributed by atoms with Crippen molar-refractivity contribution in [2.24, 2.45) is 5.92 Å². The molecule has 1 aromatic carbocycles. The molecular formula is C36H48N4O8. The fourth-order valence-electron chi connectivity index (χ4n) is 7.24. The number of pyridine rings is 1. The lowest BCUT2D eigenvalue weighted by molar-refractivity contribution is -0.170. The van der Waals surface area contributed by atoms with E-state index >= 15 is 0 Å². The van der Waals surface area contributed by atoms with Crippen molar-refractivity contribution in [2.75, 3.05) is 20.6 Å². The van der Waals surface area contributed by atoms with Crippen molar-refractivity contribution in [2.45, 2.75) is 95.4 Å². The number of carbonyl (C=O) groups is 4. The highest BCUT2D eigenvalue weighted by Gasteiger charge is 2.43. The maximum atomic E-state index is 13.8. The number of fused-ring (bicyclic) bond motifs is 2. The minimum absolute atomic E-state index is 0.0172. The third-order valence-electron chi connectivity index (χ3n) is 10.1. The molecule has 1 fully saturated rings. The Balaban J connectivity index is 0.000000341. The highest BCUT2D eigenvalue weighted by molar-refractivity contribution is 5.90. The second-order valence-electron chi connectivity index (χ2n) is 13.4. The zero-order chi connectivity index (χ0) is 35.3. The number of piperidine rings is 1. The lowest BCUT2D eigenvalue weighted by Gasteiger charge is -2.46. The molecule has 3 heterocycles. The molecule has 2 unspecified atom stereocenters. The van der Waals surface area contributed by atoms with E-state index in [0.717, 1.165) is 31.6 Å². The van der Waals surface area contributed by atoms with Gasteiger partial charge >= 0.3 is 17.9 Å². The smallest absolute Gasteiger partial charge is 0.336 e. The molecule has 2 aromatic heterocycles. The predicted molar refractivity (Wildman–Crippen MR) is 180 cm³/mol. The average molecular weight is 665 g/mol. The normalized spacial score (nSPS) is 20.2. The molecule has 48 heavy (non-hydrogen) atoms. The number of benzene rings is 1. The Morgan fingerprint density at radius 2 is 1.73 bits per heavy atom. The Labute approximate surface area is 281 Å². The standard InChI is InChI=1S/C30H40N4O.C6H8O7/c1-6-7-15-34-19-22-17-28-25(24-11-10-13-27(34)29(22)24)16-23(18-32(28)4)30(35)33(5)21(3)20(2)26-12-8-9-14-31-26;7-3(8)1-6(13,5(11)12)2-4(9)10/h8-14,19-21,23,25,28H,6-7,15-18H2,1-5H3;13H,1-2H2,(H,7,8)(H,9,10)(H,11,12)/t20?,21?,23-,25-,28-;/m1./s1. The number of carboxylic acid groups (broad SMARTS) is 3. The number of unbranched alkanes of at least 4 members (excludes halogenated alkanes) is 1. The van der Waals surface area contributed by atoms with Gasteiger partial charge in [-0.3, -0.25) is 19.4 Å². The Bertz CT molecular complexity index is 1610. The maximum Gasteiger partial charge on any atom is 0.336 e. The van der Waals surface area contributed by atoms with Crippen LogP contribution in [0.1, 0.15) is 81.5 Å². The van der Waals surface area contributed by atoms with E-state index in [-0.39, 0.29) is 23.8 Å². The van der Waals surface area contributed by atoms with Crippen LogP contribution in [0.5, 0.6) is 0 Å². The summed E-state index contributed by atoms with van der Waals surface area (Å²) in [5.74, 6) is -4.15. The van der Waals surface area contributed by atoms with E-state index in [2.05, 4.69) is 72.7 Å². The van der Waals surface area contributed by atoms with Crippen LogP contribution in [-0.2, 0) is 32.1 Å². The van der Waals surface area contributed by atoms with Gasteiger partial charge in [0.05, 0.1) is 18.8 Å². The van der Waals surface area contributed by atoms with Gasteiger partial charge in [0.2, 0.25) is 5.91 Å². The van der Waals surface area contributed by atoms with Gasteiger partial charge in [-0.25, -0.2) is 4.79 Å². The first-order valence-electron chi connectivity index (χ1n) is 16.6. The topological polar surface area (TPSA) is 173 Å². The van der Waals surface area contributed by atoms with Crippen molar-refractivity contribution in [1.29, 1.82) is 0 Å². The van der Waals surface area contributed by atoms with Gasteiger partial charge in [-0.2, -0.15) is 0 Å². The molecule has 12 nitrogen and oxygen atoms in total. The summed E-state index contributed by atoms with van der Waals surface area (Å²) < 4.78 is 2.46. The molecule has 2 aliphatic rings. The fourth-order valence-corrected chi connectivity index (χ4v) is 7.24. The van der Waals surface area contributed by atoms with Crippen LogP contribution in [0.15, 0.2) is 48.8 Å². The minimum atomic E-state index is -2.74. The van der Waals surface area contributed by atoms with Crippen molar-refractivity contribution >= 4 is 34.7 Å². The highest BCUT2D eigenvalue weighted by atomic mass is 16.4. The van der Waals surface area contributed by atoms with Crippen molar-refractivity contribution in [3.05, 3.63) is 65.6 Å². The number of aromatic nitrogens is 2. The average Bonchev–Trinajstić information content (AvgIpc) is 3.40. The number of amides is 1. The number of nitrogens with zero attached hydrogens (tertiary/aromatic N) is 4. The van der Waals surface area contributed by atoms with Crippen LogP contribution in [0, 0.1) is 5.92 Å². The largest absolute Gasteiger partial charge is 0.481 e. The number of carboxylic acids is 3. The second-order valence-corrected chi connectivity index (χ2v) is 13.4. The maximum absolute atomic E-state index is 13.8. The van der Waals surface area contributed by atoms with Gasteiger partial charge in [-0.05, 0) is 62.6 Å². The van der Waals surface area contributed by atoms with Crippen LogP contribution in [-0.4, -0.2) is 102 Å². The summed E-state index contributed by atoms with van der Waals surface area (Å²) in [5, 5.41) is 35.3. The molecule has 0 radical (unpaired) electrons. The zero-order valence-corrected chi connectivity index (χ0v) is 28.4. The summed E-state index contributed by atoms with van der Waals surface area (Å²) in [7, 11) is 4.20. The number of aryl methyl sites for hydroxylation is 1. The quantitative estimate of drug-likeness (QED) is 0.220. The van der Waals surface area contributed by atoms with Gasteiger partial charge in [-0.15, -0.1) is 0 Å². The van der Waals surface area contributed by atoms with Crippen molar-refractivity contribution in [3.63, 3.8) is 0 Å². The van der Waals surface area contributed by atoms with Gasteiger partial charge in [0.25, 0.3) is 0 Å². The number of likely N-dealkylation sites (N-methyl/N-ethyl adjacent to an activating group) is 2. The van der Waals surface area contributed by atoms with Gasteiger partial charge in [0.15, 0.2) is 5.60 Å². The molecule has 3 aromatic rings. The first-order valence-corrected chi connectivity index (χ1v) is 16.6. The fraction of sp³-hybridized carbons (Fsp3) is 0.528. The van der Waals surface area contributed by atoms with Crippen molar-refractivity contribution in [1.82, 2.24) is 19.4 Å². The Hall–Kier alpha value is -4.29. The van der Waals surface area contributed by atoms with E-state index in [0.29, 0.717) is 12.0 Å². The molecule has 5 atom stereocenters. The van der Waals surface area contributed by atoms with E-state index in [9.17, 15) is 19.2 Å². The number of aliphatic hydroxyl groups is 1. The number of aliphatic carboxylic acids is 3. The van der Waals surface area contributed by atoms with Gasteiger partial charge in [-0.1, -0.05) is 38.5 Å². The highest BCUT2D eigenvalue weighted by Crippen LogP contribution is 2.45. The lowest BCUT2D eigenvalue weighted by Crippen LogP contribution is -2.52. The molecular weight excluding hydrogens is 616 g/mol. The Morgan fingerprint density at radius 3 is 2.31 bits per heavy atom. The molecule has 1 aliphatic carbocycles. The van der Waals surface area contributed by atoms with Gasteiger partial charge in [0.1, 0.15) is 0 Å². The molecule has 1 aliphatic heterocycles. The van der Waals surface area contributed by atoms with Crippen LogP contribution in [0.2, 0.25) is 0 Å². The van der Waals surface area contributed by atoms with Crippen molar-refractivity contribution < 1.29 is 39.6 Å². The molecule has 5 rings (SSSR count). The Morgan fingerprint density at radius 1 is 1.04 bits per heavy atom. The Kier molecular flexibility index (Phi) is 11.6. The van der Waals surface area contributed by atoms with Crippen LogP contribution < -0.4 is 0 Å². The summed E-state index contributed by atoms with van der Waals surface area (Å²) in [6.07, 6.45) is 6.38. The van der Waals surface area contributed by atoms with E-state index in [4.69, 9.17) is 20.4 Å². The first kappa shape index (κ1) is 36.5. The number of carbonyl (C=O) groups excluding carboxylic acids is 1. The zero-order valence-electron chi connectivity index (χ0n) is 28.4. The van der Waals surface area contributed by atoms with E-state index < -0.39 is 36.4 Å².